The highest BCUT2D eigenvalue weighted by molar-refractivity contribution is 6.10. The molecule has 0 unspecified atom stereocenters. The van der Waals surface area contributed by atoms with Gasteiger partial charge < -0.3 is 4.57 Å². The van der Waals surface area contributed by atoms with Crippen LogP contribution in [0.2, 0.25) is 0 Å². The molecule has 4 heteroatoms. The van der Waals surface area contributed by atoms with Gasteiger partial charge in [-0.2, -0.15) is 0 Å². The van der Waals surface area contributed by atoms with Crippen LogP contribution in [0.5, 0.6) is 0 Å². The second-order valence-corrected chi connectivity index (χ2v) is 12.0. The van der Waals surface area contributed by atoms with Crippen molar-refractivity contribution in [2.24, 2.45) is 0 Å². The van der Waals surface area contributed by atoms with Gasteiger partial charge in [0.2, 0.25) is 5.95 Å². The first kappa shape index (κ1) is 24.2. The molecule has 0 fully saturated rings. The average Bonchev–Trinajstić information content (AvgIpc) is 3.67. The van der Waals surface area contributed by atoms with Gasteiger partial charge in [-0.05, 0) is 42.0 Å². The third kappa shape index (κ3) is 3.44. The van der Waals surface area contributed by atoms with Crippen LogP contribution in [-0.2, 0) is 5.41 Å². The van der Waals surface area contributed by atoms with Crippen LogP contribution in [0.25, 0.3) is 66.9 Å². The molecule has 204 valence electrons. The zero-order valence-electron chi connectivity index (χ0n) is 24.0. The molecule has 4 heterocycles. The van der Waals surface area contributed by atoms with Crippen LogP contribution < -0.4 is 0 Å². The third-order valence-corrected chi connectivity index (χ3v) is 9.11. The summed E-state index contributed by atoms with van der Waals surface area (Å²) in [6.07, 6.45) is 0. The monoisotopic (exact) mass is 552 g/mol. The molecule has 0 bridgehead atoms. The highest BCUT2D eigenvalue weighted by Crippen LogP contribution is 2.48. The van der Waals surface area contributed by atoms with Crippen molar-refractivity contribution >= 4 is 32.7 Å². The van der Waals surface area contributed by atoms with Crippen LogP contribution >= 0.6 is 0 Å². The first-order valence-corrected chi connectivity index (χ1v) is 14.8. The van der Waals surface area contributed by atoms with Crippen molar-refractivity contribution in [3.05, 3.63) is 145 Å². The van der Waals surface area contributed by atoms with Gasteiger partial charge in [0.25, 0.3) is 0 Å². The van der Waals surface area contributed by atoms with E-state index in [4.69, 9.17) is 9.97 Å². The average molecular weight is 553 g/mol. The molecule has 0 saturated heterocycles. The lowest BCUT2D eigenvalue weighted by atomic mass is 9.83. The Morgan fingerprint density at radius 1 is 0.512 bits per heavy atom. The summed E-state index contributed by atoms with van der Waals surface area (Å²) in [6, 6.07) is 47.3. The van der Waals surface area contributed by atoms with Gasteiger partial charge in [-0.3, -0.25) is 4.57 Å². The Morgan fingerprint density at radius 2 is 1.12 bits per heavy atom. The van der Waals surface area contributed by atoms with E-state index in [1.807, 2.05) is 12.1 Å². The SMILES string of the molecule is CC1(C)c2cc3c(cc2-n2c1cc1ccccc12)c1ccccc1n3-c1nc(-c2ccccc2)cc(-c2ccccc2)n1. The molecule has 0 aliphatic carbocycles. The zero-order chi connectivity index (χ0) is 28.7. The molecule has 0 saturated carbocycles. The lowest BCUT2D eigenvalue weighted by Crippen LogP contribution is -2.15. The van der Waals surface area contributed by atoms with Crippen molar-refractivity contribution in [1.29, 1.82) is 0 Å². The number of fused-ring (bicyclic) bond motifs is 8. The Kier molecular flexibility index (Phi) is 4.92. The van der Waals surface area contributed by atoms with Gasteiger partial charge in [-0.15, -0.1) is 0 Å². The summed E-state index contributed by atoms with van der Waals surface area (Å²) in [5.74, 6) is 0.673. The summed E-state index contributed by atoms with van der Waals surface area (Å²) in [6.45, 7) is 4.67. The maximum atomic E-state index is 5.22. The third-order valence-electron chi connectivity index (χ3n) is 9.11. The molecule has 0 radical (unpaired) electrons. The molecule has 5 aromatic carbocycles. The molecule has 1 aliphatic rings. The van der Waals surface area contributed by atoms with E-state index in [0.29, 0.717) is 5.95 Å². The quantitative estimate of drug-likeness (QED) is 0.219. The largest absolute Gasteiger partial charge is 0.312 e. The summed E-state index contributed by atoms with van der Waals surface area (Å²) in [7, 11) is 0. The Morgan fingerprint density at radius 3 is 1.81 bits per heavy atom. The van der Waals surface area contributed by atoms with Crippen molar-refractivity contribution in [2.45, 2.75) is 19.3 Å². The molecule has 3 aromatic heterocycles. The number of benzene rings is 5. The molecular weight excluding hydrogens is 524 g/mol. The number of para-hydroxylation sites is 2. The Bertz CT molecular complexity index is 2300. The fourth-order valence-electron chi connectivity index (χ4n) is 6.97. The van der Waals surface area contributed by atoms with Crippen molar-refractivity contribution < 1.29 is 0 Å². The predicted molar refractivity (Wildman–Crippen MR) is 176 cm³/mol. The standard InChI is InChI=1S/C39H28N4/c1-39(2)30-23-35-29(22-36(30)42-33-19-11-9-17-27(33)21-37(39)42)28-18-10-12-20-34(28)43(35)38-40-31(25-13-5-3-6-14-25)24-32(41-38)26-15-7-4-8-16-26/h3-24H,1-2H3. The normalized spacial score (nSPS) is 13.5. The van der Waals surface area contributed by atoms with Gasteiger partial charge in [0, 0.05) is 38.4 Å². The molecule has 8 aromatic rings. The van der Waals surface area contributed by atoms with E-state index < -0.39 is 0 Å². The molecule has 0 atom stereocenters. The molecule has 9 rings (SSSR count). The van der Waals surface area contributed by atoms with Crippen LogP contribution in [0.15, 0.2) is 133 Å². The number of rotatable bonds is 3. The summed E-state index contributed by atoms with van der Waals surface area (Å²) >= 11 is 0. The molecule has 1 aliphatic heterocycles. The molecule has 4 nitrogen and oxygen atoms in total. The minimum atomic E-state index is -0.161. The van der Waals surface area contributed by atoms with Crippen molar-refractivity contribution in [3.8, 4) is 34.2 Å². The predicted octanol–water partition coefficient (Wildman–Crippen LogP) is 9.49. The smallest absolute Gasteiger partial charge is 0.235 e. The fourth-order valence-corrected chi connectivity index (χ4v) is 6.97. The Labute approximate surface area is 249 Å². The van der Waals surface area contributed by atoms with Crippen LogP contribution in [0.1, 0.15) is 25.1 Å². The van der Waals surface area contributed by atoms with Gasteiger partial charge in [0.15, 0.2) is 0 Å². The van der Waals surface area contributed by atoms with E-state index in [1.165, 1.54) is 38.6 Å². The van der Waals surface area contributed by atoms with Crippen LogP contribution in [0.4, 0.5) is 0 Å². The maximum absolute atomic E-state index is 5.22. The number of hydrogen-bond acceptors (Lipinski definition) is 2. The van der Waals surface area contributed by atoms with Crippen molar-refractivity contribution in [1.82, 2.24) is 19.1 Å². The molecule has 0 N–H and O–H groups in total. The van der Waals surface area contributed by atoms with Crippen molar-refractivity contribution in [2.75, 3.05) is 0 Å². The van der Waals surface area contributed by atoms with Gasteiger partial charge in [0.05, 0.1) is 33.6 Å². The molecule has 0 spiro atoms. The first-order chi connectivity index (χ1) is 21.1. The van der Waals surface area contributed by atoms with Crippen LogP contribution in [0, 0.1) is 0 Å². The summed E-state index contributed by atoms with van der Waals surface area (Å²) < 4.78 is 4.71. The van der Waals surface area contributed by atoms with Gasteiger partial charge in [-0.25, -0.2) is 9.97 Å². The van der Waals surface area contributed by atoms with Crippen LogP contribution in [-0.4, -0.2) is 19.1 Å². The fraction of sp³-hybridized carbons (Fsp3) is 0.0769. The Balaban J connectivity index is 1.37. The van der Waals surface area contributed by atoms with Crippen LogP contribution in [0.3, 0.4) is 0 Å². The minimum absolute atomic E-state index is 0.161. The molecule has 0 amide bonds. The molecular formula is C39H28N4. The molecule has 43 heavy (non-hydrogen) atoms. The van der Waals surface area contributed by atoms with E-state index in [1.54, 1.807) is 0 Å². The maximum Gasteiger partial charge on any atom is 0.235 e. The lowest BCUT2D eigenvalue weighted by Gasteiger charge is -2.19. The van der Waals surface area contributed by atoms with E-state index >= 15 is 0 Å². The number of hydrogen-bond donors (Lipinski definition) is 0. The van der Waals surface area contributed by atoms with E-state index in [0.717, 1.165) is 33.5 Å². The minimum Gasteiger partial charge on any atom is -0.312 e. The second kappa shape index (κ2) is 8.76. The van der Waals surface area contributed by atoms with E-state index in [2.05, 4.69) is 144 Å². The highest BCUT2D eigenvalue weighted by atomic mass is 15.2. The second-order valence-electron chi connectivity index (χ2n) is 12.0. The topological polar surface area (TPSA) is 35.6 Å². The van der Waals surface area contributed by atoms with Gasteiger partial charge in [0.1, 0.15) is 0 Å². The first-order valence-electron chi connectivity index (χ1n) is 14.8. The number of nitrogens with zero attached hydrogens (tertiary/aromatic N) is 4. The highest BCUT2D eigenvalue weighted by Gasteiger charge is 2.38. The Hall–Kier alpha value is -5.48. The van der Waals surface area contributed by atoms with E-state index in [-0.39, 0.29) is 5.41 Å². The van der Waals surface area contributed by atoms with Gasteiger partial charge in [-0.1, -0.05) is 111 Å². The number of aromatic nitrogens is 4. The lowest BCUT2D eigenvalue weighted by molar-refractivity contribution is 0.645. The van der Waals surface area contributed by atoms with Gasteiger partial charge >= 0.3 is 0 Å². The van der Waals surface area contributed by atoms with E-state index in [9.17, 15) is 0 Å². The summed E-state index contributed by atoms with van der Waals surface area (Å²) in [5, 5.41) is 3.67. The summed E-state index contributed by atoms with van der Waals surface area (Å²) in [5.41, 5.74) is 11.1. The summed E-state index contributed by atoms with van der Waals surface area (Å²) in [4.78, 5) is 10.4. The van der Waals surface area contributed by atoms with Crippen molar-refractivity contribution in [3.63, 3.8) is 0 Å². The zero-order valence-corrected chi connectivity index (χ0v) is 24.0.